The number of cyclic esters (lactones) is 1. The summed E-state index contributed by atoms with van der Waals surface area (Å²) in [5.41, 5.74) is 1.98. The molecule has 0 unspecified atom stereocenters. The Morgan fingerprint density at radius 2 is 1.87 bits per heavy atom. The van der Waals surface area contributed by atoms with Crippen molar-refractivity contribution in [2.75, 3.05) is 0 Å². The fraction of sp³-hybridized carbons (Fsp3) is 0.280. The van der Waals surface area contributed by atoms with E-state index >= 15 is 0 Å². The summed E-state index contributed by atoms with van der Waals surface area (Å²) in [7, 11) is 0. The molecule has 0 radical (unpaired) electrons. The quantitative estimate of drug-likeness (QED) is 0.411. The van der Waals surface area contributed by atoms with Crippen LogP contribution < -0.4 is 0 Å². The Morgan fingerprint density at radius 1 is 1.10 bits per heavy atom. The zero-order chi connectivity index (χ0) is 22.1. The molecular weight excluding hydrogens is 394 g/mol. The molecule has 2 N–H and O–H groups in total. The van der Waals surface area contributed by atoms with Gasteiger partial charge in [0.1, 0.15) is 29.8 Å². The van der Waals surface area contributed by atoms with E-state index in [1.807, 2.05) is 54.6 Å². The molecule has 0 fully saturated rings. The second-order valence-corrected chi connectivity index (χ2v) is 7.42. The summed E-state index contributed by atoms with van der Waals surface area (Å²) in [6.45, 7) is 2.11. The highest BCUT2D eigenvalue weighted by Gasteiger charge is 2.22. The molecule has 162 valence electrons. The lowest BCUT2D eigenvalue weighted by atomic mass is 9.99. The molecule has 0 aromatic heterocycles. The van der Waals surface area contributed by atoms with Crippen LogP contribution in [-0.2, 0) is 22.6 Å². The first-order chi connectivity index (χ1) is 15.0. The second kappa shape index (κ2) is 11.0. The van der Waals surface area contributed by atoms with Crippen LogP contribution in [0, 0.1) is 0 Å². The minimum Gasteiger partial charge on any atom is -0.508 e. The molecule has 1 atom stereocenters. The molecular formula is C25H27NO5. The van der Waals surface area contributed by atoms with Gasteiger partial charge in [0.25, 0.3) is 0 Å². The van der Waals surface area contributed by atoms with Crippen LogP contribution in [0.2, 0.25) is 0 Å². The minimum absolute atomic E-state index is 0.0230. The van der Waals surface area contributed by atoms with Gasteiger partial charge in [-0.3, -0.25) is 0 Å². The fourth-order valence-corrected chi connectivity index (χ4v) is 3.23. The molecule has 6 heteroatoms. The van der Waals surface area contributed by atoms with Gasteiger partial charge in [0.2, 0.25) is 0 Å². The number of phenolic OH excluding ortho intramolecular Hbond substituents is 2. The number of carbonyl (C=O) groups is 1. The summed E-state index contributed by atoms with van der Waals surface area (Å²) in [6, 6.07) is 12.2. The number of benzene rings is 2. The summed E-state index contributed by atoms with van der Waals surface area (Å²) in [6.07, 6.45) is 9.96. The summed E-state index contributed by atoms with van der Waals surface area (Å²) in [5, 5.41) is 24.6. The van der Waals surface area contributed by atoms with Crippen molar-refractivity contribution in [2.45, 2.75) is 45.3 Å². The molecule has 0 bridgehead atoms. The maximum absolute atomic E-state index is 12.7. The molecule has 0 saturated heterocycles. The lowest BCUT2D eigenvalue weighted by Gasteiger charge is -2.16. The number of carbonyl (C=O) groups excluding carboxylic acids is 1. The molecule has 1 heterocycles. The third kappa shape index (κ3) is 6.74. The van der Waals surface area contributed by atoms with Crippen LogP contribution >= 0.6 is 0 Å². The number of ether oxygens (including phenoxy) is 1. The summed E-state index contributed by atoms with van der Waals surface area (Å²) >= 11 is 0. The van der Waals surface area contributed by atoms with Gasteiger partial charge in [0.05, 0.1) is 5.71 Å². The number of fused-ring (bicyclic) bond motifs is 1. The predicted molar refractivity (Wildman–Crippen MR) is 119 cm³/mol. The average Bonchev–Trinajstić information content (AvgIpc) is 2.72. The predicted octanol–water partition coefficient (Wildman–Crippen LogP) is 5.05. The van der Waals surface area contributed by atoms with E-state index in [9.17, 15) is 15.0 Å². The van der Waals surface area contributed by atoms with Crippen molar-refractivity contribution in [2.24, 2.45) is 5.16 Å². The Balaban J connectivity index is 1.91. The summed E-state index contributed by atoms with van der Waals surface area (Å²) in [5.74, 6) is -1.11. The van der Waals surface area contributed by atoms with Crippen LogP contribution in [-0.4, -0.2) is 28.0 Å². The Kier molecular flexibility index (Phi) is 7.87. The van der Waals surface area contributed by atoms with Gasteiger partial charge in [0.15, 0.2) is 0 Å². The monoisotopic (exact) mass is 421 g/mol. The Hall–Kier alpha value is -3.54. The summed E-state index contributed by atoms with van der Waals surface area (Å²) < 4.78 is 5.50. The van der Waals surface area contributed by atoms with Gasteiger partial charge in [-0.1, -0.05) is 53.7 Å². The van der Waals surface area contributed by atoms with E-state index in [1.165, 1.54) is 6.07 Å². The third-order valence-electron chi connectivity index (χ3n) is 4.77. The highest BCUT2D eigenvalue weighted by molar-refractivity contribution is 6.00. The third-order valence-corrected chi connectivity index (χ3v) is 4.77. The molecule has 31 heavy (non-hydrogen) atoms. The van der Waals surface area contributed by atoms with Crippen LogP contribution in [0.25, 0.3) is 0 Å². The largest absolute Gasteiger partial charge is 0.508 e. The Morgan fingerprint density at radius 3 is 2.68 bits per heavy atom. The maximum Gasteiger partial charge on any atom is 0.342 e. The molecule has 2 aromatic rings. The lowest BCUT2D eigenvalue weighted by molar-refractivity contribution is 0.0343. The number of hydrogen-bond acceptors (Lipinski definition) is 6. The van der Waals surface area contributed by atoms with Gasteiger partial charge in [-0.15, -0.1) is 0 Å². The molecule has 2 aromatic carbocycles. The van der Waals surface area contributed by atoms with E-state index in [4.69, 9.17) is 9.57 Å². The number of nitrogens with zero attached hydrogens (tertiary/aromatic N) is 1. The smallest absolute Gasteiger partial charge is 0.342 e. The normalized spacial score (nSPS) is 20.9. The van der Waals surface area contributed by atoms with Gasteiger partial charge >= 0.3 is 5.97 Å². The van der Waals surface area contributed by atoms with E-state index in [0.29, 0.717) is 24.3 Å². The first-order valence-corrected chi connectivity index (χ1v) is 10.3. The van der Waals surface area contributed by atoms with Crippen molar-refractivity contribution in [3.05, 3.63) is 83.5 Å². The standard InChI is InChI=1S/C25H27NO5/c1-18-10-6-3-2-4-9-13-21(26-30-17-19-11-7-5-8-12-19)14-20-15-22(27)16-23(28)24(20)25(29)31-18/h3,5-9,11-13,15-16,18,27-28H,2,4,10,14,17H2,1H3/b6-3+,13-9+,26-21-/t18-/m1/s1. The van der Waals surface area contributed by atoms with Crippen molar-refractivity contribution in [1.82, 2.24) is 0 Å². The van der Waals surface area contributed by atoms with Crippen LogP contribution in [0.15, 0.2) is 71.9 Å². The first kappa shape index (κ1) is 22.2. The lowest BCUT2D eigenvalue weighted by Crippen LogP contribution is -2.17. The van der Waals surface area contributed by atoms with E-state index in [-0.39, 0.29) is 29.6 Å². The van der Waals surface area contributed by atoms with Gasteiger partial charge in [-0.05, 0) is 43.0 Å². The molecule has 0 aliphatic carbocycles. The number of oxime groups is 1. The van der Waals surface area contributed by atoms with Crippen molar-refractivity contribution in [1.29, 1.82) is 0 Å². The molecule has 3 rings (SSSR count). The van der Waals surface area contributed by atoms with Gasteiger partial charge < -0.3 is 19.8 Å². The van der Waals surface area contributed by atoms with Gasteiger partial charge in [0, 0.05) is 18.9 Å². The Labute approximate surface area is 182 Å². The molecule has 1 aliphatic heterocycles. The van der Waals surface area contributed by atoms with E-state index < -0.39 is 5.97 Å². The van der Waals surface area contributed by atoms with E-state index in [2.05, 4.69) is 5.16 Å². The maximum atomic E-state index is 12.7. The fourth-order valence-electron chi connectivity index (χ4n) is 3.23. The van der Waals surface area contributed by atoms with Crippen LogP contribution in [0.1, 0.15) is 47.7 Å². The van der Waals surface area contributed by atoms with Crippen molar-refractivity contribution < 1.29 is 24.6 Å². The van der Waals surface area contributed by atoms with Crippen LogP contribution in [0.4, 0.5) is 0 Å². The Bertz CT molecular complexity index is 979. The highest BCUT2D eigenvalue weighted by atomic mass is 16.6. The molecule has 1 aliphatic rings. The summed E-state index contributed by atoms with van der Waals surface area (Å²) in [4.78, 5) is 18.3. The second-order valence-electron chi connectivity index (χ2n) is 7.42. The van der Waals surface area contributed by atoms with Crippen LogP contribution in [0.5, 0.6) is 11.5 Å². The SMILES string of the molecule is C[C@@H]1C/C=C/CC/C=C/C(=N/OCc2ccccc2)Cc2cc(O)cc(O)c2C(=O)O1. The zero-order valence-electron chi connectivity index (χ0n) is 17.5. The minimum atomic E-state index is -0.640. The molecule has 0 saturated carbocycles. The number of esters is 1. The zero-order valence-corrected chi connectivity index (χ0v) is 17.5. The topological polar surface area (TPSA) is 88.4 Å². The van der Waals surface area contributed by atoms with Crippen molar-refractivity contribution >= 4 is 11.7 Å². The van der Waals surface area contributed by atoms with E-state index in [0.717, 1.165) is 24.5 Å². The van der Waals surface area contributed by atoms with Gasteiger partial charge in [-0.2, -0.15) is 0 Å². The van der Waals surface area contributed by atoms with E-state index in [1.54, 1.807) is 6.92 Å². The number of hydrogen-bond donors (Lipinski definition) is 2. The van der Waals surface area contributed by atoms with Gasteiger partial charge in [-0.25, -0.2) is 4.79 Å². The van der Waals surface area contributed by atoms with Crippen LogP contribution in [0.3, 0.4) is 0 Å². The number of rotatable bonds is 3. The molecule has 6 nitrogen and oxygen atoms in total. The molecule has 0 spiro atoms. The van der Waals surface area contributed by atoms with Crippen molar-refractivity contribution in [3.63, 3.8) is 0 Å². The average molecular weight is 421 g/mol. The number of phenols is 2. The number of aromatic hydroxyl groups is 2. The number of allylic oxidation sites excluding steroid dienone is 3. The first-order valence-electron chi connectivity index (χ1n) is 10.3. The highest BCUT2D eigenvalue weighted by Crippen LogP contribution is 2.29. The van der Waals surface area contributed by atoms with Crippen molar-refractivity contribution in [3.8, 4) is 11.5 Å². The molecule has 0 amide bonds.